The minimum absolute atomic E-state index is 0. The van der Waals surface area contributed by atoms with E-state index in [-0.39, 0.29) is 68.3 Å². The van der Waals surface area contributed by atoms with Gasteiger partial charge in [-0.3, -0.25) is 14.4 Å². The molecule has 0 aliphatic carbocycles. The summed E-state index contributed by atoms with van der Waals surface area (Å²) in [5.41, 5.74) is -0.488. The van der Waals surface area contributed by atoms with E-state index in [2.05, 4.69) is 13.0 Å². The molecule has 0 radical (unpaired) electrons. The van der Waals surface area contributed by atoms with Gasteiger partial charge in [0, 0.05) is 18.6 Å². The number of aryl methyl sites for hydroxylation is 1. The number of aromatic nitrogens is 1. The summed E-state index contributed by atoms with van der Waals surface area (Å²) in [6, 6.07) is 6.17. The number of hydrogen-bond donors (Lipinski definition) is 1. The summed E-state index contributed by atoms with van der Waals surface area (Å²) in [4.78, 5) is 35.6. The summed E-state index contributed by atoms with van der Waals surface area (Å²) in [5.74, 6) is -2.26. The van der Waals surface area contributed by atoms with Crippen LogP contribution in [0.4, 0.5) is 0 Å². The second kappa shape index (κ2) is 14.2. The number of carbonyl (C=O) groups excluding carboxylic acids is 2. The Morgan fingerprint density at radius 3 is 2.18 bits per heavy atom. The number of carbonyl (C=O) groups is 3. The van der Waals surface area contributed by atoms with Crippen molar-refractivity contribution < 1.29 is 57.5 Å². The van der Waals surface area contributed by atoms with E-state index in [1.807, 2.05) is 50.0 Å². The van der Waals surface area contributed by atoms with E-state index in [0.717, 1.165) is 5.56 Å². The van der Waals surface area contributed by atoms with Crippen LogP contribution in [-0.4, -0.2) is 36.2 Å². The predicted octanol–water partition coefficient (Wildman–Crippen LogP) is 0.542. The van der Waals surface area contributed by atoms with E-state index in [0.29, 0.717) is 6.42 Å². The molecule has 34 heavy (non-hydrogen) atoms. The highest BCUT2D eigenvalue weighted by atomic mass is 127. The molecule has 0 amide bonds. The molecule has 9 heteroatoms. The second-order valence-electron chi connectivity index (χ2n) is 9.76. The Labute approximate surface area is 219 Å². The van der Waals surface area contributed by atoms with Gasteiger partial charge in [0.1, 0.15) is 20.3 Å². The maximum absolute atomic E-state index is 12.6. The Balaban J connectivity index is 0.0000109. The number of carboxylic acids is 1. The van der Waals surface area contributed by atoms with E-state index in [4.69, 9.17) is 14.6 Å². The van der Waals surface area contributed by atoms with Crippen LogP contribution < -0.4 is 28.5 Å². The van der Waals surface area contributed by atoms with Crippen molar-refractivity contribution in [3.05, 3.63) is 30.1 Å². The second-order valence-corrected chi connectivity index (χ2v) is 9.76. The molecule has 0 saturated carbocycles. The molecule has 1 aromatic rings. The van der Waals surface area contributed by atoms with Crippen molar-refractivity contribution in [3.8, 4) is 6.07 Å². The monoisotopic (exact) mass is 588 g/mol. The third-order valence-corrected chi connectivity index (χ3v) is 5.82. The number of ether oxygens (including phenoxy) is 2. The standard InChI is InChI=1S/C25H36N2O6.HI/c1-18(20-8-11-27(6)12-9-20)15-24(3,4)23(31)33-14-13-32-22(30)19(2)16-25(5,17-26)10-7-21(28)29;/h8-9,11-12,18-19H,7,10,13-16H2,1-6H3;1H. The molecule has 1 rings (SSSR count). The number of nitriles is 1. The van der Waals surface area contributed by atoms with Crippen molar-refractivity contribution in [2.24, 2.45) is 23.8 Å². The molecule has 1 aromatic heterocycles. The molecule has 8 nitrogen and oxygen atoms in total. The molecule has 1 heterocycles. The van der Waals surface area contributed by atoms with Crippen LogP contribution in [0.1, 0.15) is 71.8 Å². The van der Waals surface area contributed by atoms with Crippen molar-refractivity contribution in [1.82, 2.24) is 0 Å². The summed E-state index contributed by atoms with van der Waals surface area (Å²) in [5, 5.41) is 18.2. The van der Waals surface area contributed by atoms with Gasteiger partial charge in [0.05, 0.1) is 22.8 Å². The van der Waals surface area contributed by atoms with Crippen LogP contribution in [0.2, 0.25) is 0 Å². The van der Waals surface area contributed by atoms with Gasteiger partial charge in [0.25, 0.3) is 0 Å². The first-order valence-corrected chi connectivity index (χ1v) is 11.2. The molecule has 0 spiro atoms. The zero-order chi connectivity index (χ0) is 25.2. The van der Waals surface area contributed by atoms with Crippen molar-refractivity contribution >= 4 is 17.9 Å². The van der Waals surface area contributed by atoms with Gasteiger partial charge in [-0.1, -0.05) is 13.8 Å². The molecule has 190 valence electrons. The van der Waals surface area contributed by atoms with Gasteiger partial charge in [-0.2, -0.15) is 5.26 Å². The minimum Gasteiger partial charge on any atom is -1.00 e. The smallest absolute Gasteiger partial charge is 0.311 e. The Kier molecular flexibility index (Phi) is 13.3. The topological polar surface area (TPSA) is 118 Å². The van der Waals surface area contributed by atoms with Gasteiger partial charge in [-0.05, 0) is 51.5 Å². The number of aliphatic carboxylic acids is 1. The highest BCUT2D eigenvalue weighted by Gasteiger charge is 2.33. The van der Waals surface area contributed by atoms with Crippen LogP contribution in [0.3, 0.4) is 0 Å². The number of carboxylic acid groups (broad SMARTS) is 1. The van der Waals surface area contributed by atoms with E-state index in [1.54, 1.807) is 13.8 Å². The molecular formula is C25H37IN2O6. The Bertz CT molecular complexity index is 865. The molecule has 0 aromatic carbocycles. The van der Waals surface area contributed by atoms with Gasteiger partial charge < -0.3 is 38.6 Å². The Hall–Kier alpha value is -2.22. The lowest BCUT2D eigenvalue weighted by Gasteiger charge is -2.26. The molecule has 0 saturated heterocycles. The molecule has 0 aliphatic rings. The minimum atomic E-state index is -0.983. The first-order valence-electron chi connectivity index (χ1n) is 11.2. The number of halogens is 1. The van der Waals surface area contributed by atoms with Crippen molar-refractivity contribution in [2.75, 3.05) is 13.2 Å². The van der Waals surface area contributed by atoms with Crippen LogP contribution in [0.15, 0.2) is 24.5 Å². The van der Waals surface area contributed by atoms with Crippen LogP contribution in [0.5, 0.6) is 0 Å². The van der Waals surface area contributed by atoms with Gasteiger partial charge in [0.2, 0.25) is 0 Å². The van der Waals surface area contributed by atoms with Crippen molar-refractivity contribution in [1.29, 1.82) is 5.26 Å². The number of rotatable bonds is 13. The van der Waals surface area contributed by atoms with Gasteiger partial charge in [-0.25, -0.2) is 4.57 Å². The Morgan fingerprint density at radius 2 is 1.65 bits per heavy atom. The van der Waals surface area contributed by atoms with Gasteiger partial charge in [0.15, 0.2) is 12.4 Å². The Morgan fingerprint density at radius 1 is 1.09 bits per heavy atom. The molecule has 0 fully saturated rings. The molecule has 0 aliphatic heterocycles. The maximum atomic E-state index is 12.6. The number of esters is 2. The first-order chi connectivity index (χ1) is 15.3. The fourth-order valence-corrected chi connectivity index (χ4v) is 3.77. The van der Waals surface area contributed by atoms with Crippen LogP contribution in [0.25, 0.3) is 0 Å². The third-order valence-electron chi connectivity index (χ3n) is 5.82. The SMILES string of the molecule is CC(CC(C)(C#N)CCC(=O)O)C(=O)OCCOC(=O)C(C)(C)CC(C)c1cc[n+](C)cc1.[I-]. The number of hydrogen-bond acceptors (Lipinski definition) is 6. The lowest BCUT2D eigenvalue weighted by Crippen LogP contribution is -3.00. The predicted molar refractivity (Wildman–Crippen MR) is 121 cm³/mol. The summed E-state index contributed by atoms with van der Waals surface area (Å²) in [6.07, 6.45) is 4.76. The summed E-state index contributed by atoms with van der Waals surface area (Å²) in [6.45, 7) is 8.89. The normalized spacial score (nSPS) is 14.5. The first kappa shape index (κ1) is 31.8. The van der Waals surface area contributed by atoms with Crippen molar-refractivity contribution in [3.63, 3.8) is 0 Å². The maximum Gasteiger partial charge on any atom is 0.311 e. The lowest BCUT2D eigenvalue weighted by molar-refractivity contribution is -0.671. The number of pyridine rings is 1. The van der Waals surface area contributed by atoms with E-state index in [1.165, 1.54) is 0 Å². The molecule has 1 N–H and O–H groups in total. The average molecular weight is 588 g/mol. The quantitative estimate of drug-likeness (QED) is 0.155. The van der Waals surface area contributed by atoms with E-state index in [9.17, 15) is 19.6 Å². The summed E-state index contributed by atoms with van der Waals surface area (Å²) < 4.78 is 12.5. The van der Waals surface area contributed by atoms with Crippen LogP contribution in [0, 0.1) is 28.1 Å². The lowest BCUT2D eigenvalue weighted by atomic mass is 9.79. The van der Waals surface area contributed by atoms with Crippen molar-refractivity contribution in [2.45, 2.75) is 66.2 Å². The summed E-state index contributed by atoms with van der Waals surface area (Å²) in [7, 11) is 1.95. The highest BCUT2D eigenvalue weighted by molar-refractivity contribution is 5.76. The zero-order valence-electron chi connectivity index (χ0n) is 21.0. The fourth-order valence-electron chi connectivity index (χ4n) is 3.77. The van der Waals surface area contributed by atoms with E-state index >= 15 is 0 Å². The van der Waals surface area contributed by atoms with Gasteiger partial charge >= 0.3 is 17.9 Å². The number of nitrogens with zero attached hydrogens (tertiary/aromatic N) is 2. The summed E-state index contributed by atoms with van der Waals surface area (Å²) >= 11 is 0. The fraction of sp³-hybridized carbons (Fsp3) is 0.640. The average Bonchev–Trinajstić information content (AvgIpc) is 2.75. The highest BCUT2D eigenvalue weighted by Crippen LogP contribution is 2.33. The molecule has 0 bridgehead atoms. The van der Waals surface area contributed by atoms with Crippen LogP contribution >= 0.6 is 0 Å². The third kappa shape index (κ3) is 10.8. The van der Waals surface area contributed by atoms with E-state index < -0.39 is 28.7 Å². The van der Waals surface area contributed by atoms with Crippen LogP contribution in [-0.2, 0) is 30.9 Å². The van der Waals surface area contributed by atoms with Gasteiger partial charge in [-0.15, -0.1) is 0 Å². The molecule has 3 atom stereocenters. The molecular weight excluding hydrogens is 551 g/mol. The largest absolute Gasteiger partial charge is 1.00 e. The molecule has 3 unspecified atom stereocenters. The zero-order valence-corrected chi connectivity index (χ0v) is 23.1.